The molecule has 0 amide bonds. The van der Waals surface area contributed by atoms with Crippen molar-refractivity contribution in [2.75, 3.05) is 0 Å². The number of hydrogen-bond acceptors (Lipinski definition) is 0. The fraction of sp³-hybridized carbons (Fsp3) is 0. The van der Waals surface area contributed by atoms with Gasteiger partial charge >= 0.3 is 45.3 Å². The normalized spacial score (nSPS) is 8.67. The summed E-state index contributed by atoms with van der Waals surface area (Å²) in [5.41, 5.74) is 0. The first-order chi connectivity index (χ1) is 2.91. The van der Waals surface area contributed by atoms with Crippen LogP contribution in [0.3, 0.4) is 0 Å². The topological polar surface area (TPSA) is 0 Å². The third-order valence-corrected chi connectivity index (χ3v) is 0.528. The molecule has 6 heavy (non-hydrogen) atoms. The zero-order valence-electron chi connectivity index (χ0n) is 3.37. The van der Waals surface area contributed by atoms with Crippen LogP contribution in [0.2, 0.25) is 0 Å². The van der Waals surface area contributed by atoms with Gasteiger partial charge in [-0.05, 0) is 0 Å². The van der Waals surface area contributed by atoms with E-state index in [-0.39, 0.29) is 0 Å². The van der Waals surface area contributed by atoms with Crippen LogP contribution in [-0.4, -0.2) is 4.92 Å². The molecule has 0 bridgehead atoms. The summed E-state index contributed by atoms with van der Waals surface area (Å²) in [6.07, 6.45) is 5.36. The van der Waals surface area contributed by atoms with Crippen molar-refractivity contribution in [3.8, 4) is 0 Å². The van der Waals surface area contributed by atoms with E-state index in [2.05, 4.69) is 22.2 Å². The summed E-state index contributed by atoms with van der Waals surface area (Å²) in [6, 6.07) is 0. The monoisotopic (exact) mass is 122 g/mol. The Morgan fingerprint density at radius 2 is 2.00 bits per heavy atom. The van der Waals surface area contributed by atoms with Crippen LogP contribution in [0.4, 0.5) is 0 Å². The Kier molecular flexibility index (Phi) is 4.76. The summed E-state index contributed by atoms with van der Waals surface area (Å²) < 4.78 is 0. The summed E-state index contributed by atoms with van der Waals surface area (Å²) in [7, 11) is 0. The third kappa shape index (κ3) is 3.87. The van der Waals surface area contributed by atoms with Gasteiger partial charge in [0.15, 0.2) is 0 Å². The van der Waals surface area contributed by atoms with Crippen LogP contribution < -0.4 is 0 Å². The van der Waals surface area contributed by atoms with Crippen LogP contribution in [0.5, 0.6) is 0 Å². The molecule has 0 nitrogen and oxygen atoms in total. The predicted molar refractivity (Wildman–Crippen MR) is 25.4 cm³/mol. The summed E-state index contributed by atoms with van der Waals surface area (Å²) in [4.78, 5) is 1.71. The number of allylic oxidation sites excluding steroid dienone is 3. The summed E-state index contributed by atoms with van der Waals surface area (Å²) in [5, 5.41) is 0. The first-order valence-electron chi connectivity index (χ1n) is 1.61. The zero-order chi connectivity index (χ0) is 4.83. The average Bonchev–Trinajstić information content (AvgIpc) is 1.61. The molecule has 0 aliphatic carbocycles. The summed E-state index contributed by atoms with van der Waals surface area (Å²) >= 11 is 3.46. The molecule has 0 aliphatic heterocycles. The zero-order valence-corrected chi connectivity index (χ0v) is 4.47. The third-order valence-electron chi connectivity index (χ3n) is 0.315. The molecule has 0 N–H and O–H groups in total. The molecule has 0 atom stereocenters. The van der Waals surface area contributed by atoms with Gasteiger partial charge in [-0.1, -0.05) is 0 Å². The van der Waals surface area contributed by atoms with Crippen LogP contribution in [0, 0.1) is 0 Å². The molecular weight excluding hydrogens is 116 g/mol. The molecule has 0 radical (unpaired) electrons. The fourth-order valence-electron chi connectivity index (χ4n) is 0.118. The quantitative estimate of drug-likeness (QED) is 0.379. The van der Waals surface area contributed by atoms with Crippen molar-refractivity contribution < 1.29 is 15.6 Å². The minimum absolute atomic E-state index is 1.71. The summed E-state index contributed by atoms with van der Waals surface area (Å²) in [5.74, 6) is 0. The van der Waals surface area contributed by atoms with Crippen molar-refractivity contribution in [1.29, 1.82) is 0 Å². The maximum absolute atomic E-state index is 3.46. The SMILES string of the molecule is C=C/C=C\[CH]=[Fe+]. The van der Waals surface area contributed by atoms with Gasteiger partial charge < -0.3 is 0 Å². The van der Waals surface area contributed by atoms with E-state index in [1.807, 2.05) is 12.2 Å². The van der Waals surface area contributed by atoms with Crippen molar-refractivity contribution in [3.63, 3.8) is 0 Å². The van der Waals surface area contributed by atoms with E-state index in [0.717, 1.165) is 0 Å². The molecular formula is C5H6Fe+. The molecule has 1 heteroatoms. The van der Waals surface area contributed by atoms with E-state index in [4.69, 9.17) is 0 Å². The Labute approximate surface area is 45.9 Å². The first-order valence-corrected chi connectivity index (χ1v) is 2.25. The molecule has 0 saturated heterocycles. The second-order valence-corrected chi connectivity index (χ2v) is 1.11. The predicted octanol–water partition coefficient (Wildman–Crippen LogP) is 1.08. The van der Waals surface area contributed by atoms with Gasteiger partial charge in [-0.3, -0.25) is 0 Å². The van der Waals surface area contributed by atoms with Gasteiger partial charge in [0.2, 0.25) is 0 Å². The first kappa shape index (κ1) is 5.87. The van der Waals surface area contributed by atoms with Crippen molar-refractivity contribution in [2.24, 2.45) is 0 Å². The van der Waals surface area contributed by atoms with Gasteiger partial charge in [-0.25, -0.2) is 0 Å². The maximum atomic E-state index is 3.46. The molecule has 0 spiro atoms. The molecule has 0 rings (SSSR count). The van der Waals surface area contributed by atoms with Gasteiger partial charge in [0.1, 0.15) is 0 Å². The second kappa shape index (κ2) is 4.87. The Morgan fingerprint density at radius 1 is 1.33 bits per heavy atom. The molecule has 0 aromatic carbocycles. The second-order valence-electron chi connectivity index (χ2n) is 0.738. The van der Waals surface area contributed by atoms with Crippen molar-refractivity contribution in [1.82, 2.24) is 0 Å². The molecule has 0 aliphatic rings. The average molecular weight is 122 g/mol. The van der Waals surface area contributed by atoms with E-state index in [0.29, 0.717) is 0 Å². The molecule has 0 unspecified atom stereocenters. The van der Waals surface area contributed by atoms with Crippen LogP contribution in [0.1, 0.15) is 0 Å². The van der Waals surface area contributed by atoms with Crippen LogP contribution in [-0.2, 0) is 15.6 Å². The van der Waals surface area contributed by atoms with E-state index in [9.17, 15) is 0 Å². The molecule has 0 saturated carbocycles. The Hall–Kier alpha value is -0.131. The molecule has 0 fully saturated rings. The van der Waals surface area contributed by atoms with Crippen molar-refractivity contribution >= 4 is 4.92 Å². The molecule has 0 heterocycles. The van der Waals surface area contributed by atoms with E-state index in [1.54, 1.807) is 11.0 Å². The molecule has 0 aromatic rings. The summed E-state index contributed by atoms with van der Waals surface area (Å²) in [6.45, 7) is 3.46. The standard InChI is InChI=1S/C5H6.Fe/c1-3-5-4-2;/h1,3-5H,2H2;/q;+1/b5-3-;. The molecule has 33 valence electrons. The Morgan fingerprint density at radius 3 is 2.17 bits per heavy atom. The van der Waals surface area contributed by atoms with Gasteiger partial charge in [0, 0.05) is 0 Å². The van der Waals surface area contributed by atoms with Gasteiger partial charge in [-0.2, -0.15) is 0 Å². The fourth-order valence-corrected chi connectivity index (χ4v) is 0.241. The van der Waals surface area contributed by atoms with E-state index >= 15 is 0 Å². The number of rotatable bonds is 2. The van der Waals surface area contributed by atoms with Gasteiger partial charge in [0.05, 0.1) is 0 Å². The van der Waals surface area contributed by atoms with Gasteiger partial charge in [0.25, 0.3) is 0 Å². The molecule has 0 aromatic heterocycles. The minimum atomic E-state index is 1.71. The van der Waals surface area contributed by atoms with Crippen molar-refractivity contribution in [2.45, 2.75) is 0 Å². The van der Waals surface area contributed by atoms with E-state index < -0.39 is 0 Å². The van der Waals surface area contributed by atoms with Crippen LogP contribution in [0.15, 0.2) is 24.8 Å². The Bertz CT molecular complexity index is 62.0. The van der Waals surface area contributed by atoms with Gasteiger partial charge in [-0.15, -0.1) is 0 Å². The Balaban J connectivity index is 3.17. The van der Waals surface area contributed by atoms with Crippen LogP contribution in [0.25, 0.3) is 0 Å². The van der Waals surface area contributed by atoms with Crippen molar-refractivity contribution in [3.05, 3.63) is 24.8 Å². The van der Waals surface area contributed by atoms with E-state index in [1.165, 1.54) is 0 Å². The van der Waals surface area contributed by atoms with Crippen LogP contribution >= 0.6 is 0 Å². The number of hydrogen-bond donors (Lipinski definition) is 0.